The molecular weight excluding hydrogens is 300 g/mol. The molecule has 3 rings (SSSR count). The molecule has 1 aromatic carbocycles. The first-order chi connectivity index (χ1) is 11.8. The highest BCUT2D eigenvalue weighted by Gasteiger charge is 2.22. The molecule has 132 valence electrons. The normalized spacial score (nSPS) is 21.6. The Labute approximate surface area is 145 Å². The van der Waals surface area contributed by atoms with Gasteiger partial charge in [-0.05, 0) is 43.7 Å². The number of piperidine rings is 1. The number of guanidine groups is 1. The number of anilines is 1. The van der Waals surface area contributed by atoms with Gasteiger partial charge in [0.15, 0.2) is 5.96 Å². The van der Waals surface area contributed by atoms with Gasteiger partial charge in [0, 0.05) is 45.0 Å². The molecule has 0 aromatic heterocycles. The Kier molecular flexibility index (Phi) is 6.35. The molecule has 5 heteroatoms. The molecule has 0 spiro atoms. The molecule has 24 heavy (non-hydrogen) atoms. The van der Waals surface area contributed by atoms with E-state index in [4.69, 9.17) is 4.74 Å². The van der Waals surface area contributed by atoms with Gasteiger partial charge in [0.05, 0.1) is 6.61 Å². The minimum absolute atomic E-state index is 0.428. The average Bonchev–Trinajstić information content (AvgIpc) is 3.46. The van der Waals surface area contributed by atoms with Gasteiger partial charge < -0.3 is 20.3 Å². The number of nitrogens with one attached hydrogen (secondary N) is 2. The minimum Gasteiger partial charge on any atom is -0.379 e. The van der Waals surface area contributed by atoms with Crippen LogP contribution in [0.3, 0.4) is 0 Å². The van der Waals surface area contributed by atoms with Gasteiger partial charge in [-0.15, -0.1) is 0 Å². The van der Waals surface area contributed by atoms with E-state index in [1.54, 1.807) is 0 Å². The molecule has 1 saturated carbocycles. The Morgan fingerprint density at radius 2 is 2.08 bits per heavy atom. The predicted octanol–water partition coefficient (Wildman–Crippen LogP) is 2.25. The Hall–Kier alpha value is -1.75. The zero-order chi connectivity index (χ0) is 16.6. The van der Waals surface area contributed by atoms with Gasteiger partial charge in [0.2, 0.25) is 0 Å². The Morgan fingerprint density at radius 3 is 2.83 bits per heavy atom. The van der Waals surface area contributed by atoms with Crippen LogP contribution < -0.4 is 15.5 Å². The predicted molar refractivity (Wildman–Crippen MR) is 99.7 cm³/mol. The second-order valence-electron chi connectivity index (χ2n) is 6.78. The fraction of sp³-hybridized carbons (Fsp3) is 0.632. The number of hydrogen-bond donors (Lipinski definition) is 2. The maximum absolute atomic E-state index is 5.66. The van der Waals surface area contributed by atoms with Crippen molar-refractivity contribution in [1.82, 2.24) is 10.6 Å². The number of ether oxygens (including phenoxy) is 1. The largest absolute Gasteiger partial charge is 0.379 e. The fourth-order valence-electron chi connectivity index (χ4n) is 3.13. The van der Waals surface area contributed by atoms with Crippen LogP contribution in [-0.4, -0.2) is 51.9 Å². The summed E-state index contributed by atoms with van der Waals surface area (Å²) >= 11 is 0. The van der Waals surface area contributed by atoms with Crippen molar-refractivity contribution in [3.05, 3.63) is 30.3 Å². The number of benzene rings is 1. The van der Waals surface area contributed by atoms with Crippen molar-refractivity contribution in [2.45, 2.75) is 31.7 Å². The number of nitrogens with zero attached hydrogens (tertiary/aromatic N) is 2. The van der Waals surface area contributed by atoms with Crippen molar-refractivity contribution in [2.75, 3.05) is 44.8 Å². The van der Waals surface area contributed by atoms with Gasteiger partial charge in [-0.2, -0.15) is 0 Å². The summed E-state index contributed by atoms with van der Waals surface area (Å²) in [6.45, 7) is 4.62. The molecule has 1 aliphatic carbocycles. The Bertz CT molecular complexity index is 515. The number of para-hydroxylation sites is 1. The van der Waals surface area contributed by atoms with Crippen LogP contribution in [0.5, 0.6) is 0 Å². The molecule has 2 aliphatic rings. The van der Waals surface area contributed by atoms with Crippen LogP contribution in [0.25, 0.3) is 0 Å². The SMILES string of the molecule is CN=C(NCCOCC1CC1)NC1CCCN(c2ccccc2)C1. The summed E-state index contributed by atoms with van der Waals surface area (Å²) in [5.74, 6) is 1.71. The first-order valence-corrected chi connectivity index (χ1v) is 9.20. The molecule has 0 amide bonds. The molecule has 1 aromatic rings. The summed E-state index contributed by atoms with van der Waals surface area (Å²) in [6.07, 6.45) is 5.07. The molecule has 1 heterocycles. The van der Waals surface area contributed by atoms with E-state index in [-0.39, 0.29) is 0 Å². The zero-order valence-electron chi connectivity index (χ0n) is 14.7. The Morgan fingerprint density at radius 1 is 1.25 bits per heavy atom. The number of aliphatic imine (C=N–C) groups is 1. The number of hydrogen-bond acceptors (Lipinski definition) is 3. The van der Waals surface area contributed by atoms with Gasteiger partial charge in [0.25, 0.3) is 0 Å². The minimum atomic E-state index is 0.428. The number of rotatable bonds is 7. The van der Waals surface area contributed by atoms with Crippen molar-refractivity contribution < 1.29 is 4.74 Å². The lowest BCUT2D eigenvalue weighted by atomic mass is 10.1. The summed E-state index contributed by atoms with van der Waals surface area (Å²) in [4.78, 5) is 6.80. The highest BCUT2D eigenvalue weighted by molar-refractivity contribution is 5.80. The van der Waals surface area contributed by atoms with E-state index in [1.807, 2.05) is 7.05 Å². The molecule has 1 unspecified atom stereocenters. The summed E-state index contributed by atoms with van der Waals surface area (Å²) in [5, 5.41) is 6.92. The lowest BCUT2D eigenvalue weighted by molar-refractivity contribution is 0.129. The highest BCUT2D eigenvalue weighted by Crippen LogP contribution is 2.28. The van der Waals surface area contributed by atoms with E-state index in [1.165, 1.54) is 31.4 Å². The van der Waals surface area contributed by atoms with Crippen LogP contribution in [0.15, 0.2) is 35.3 Å². The first kappa shape index (κ1) is 17.1. The Balaban J connectivity index is 1.39. The third-order valence-corrected chi connectivity index (χ3v) is 4.70. The molecule has 0 bridgehead atoms. The van der Waals surface area contributed by atoms with Gasteiger partial charge in [0.1, 0.15) is 0 Å². The molecule has 5 nitrogen and oxygen atoms in total. The molecule has 2 N–H and O–H groups in total. The lowest BCUT2D eigenvalue weighted by Gasteiger charge is -2.35. The standard InChI is InChI=1S/C19H30N4O/c1-20-19(21-11-13-24-15-16-9-10-16)22-17-6-5-12-23(14-17)18-7-3-2-4-8-18/h2-4,7-8,16-17H,5-6,9-15H2,1H3,(H2,20,21,22). The third-order valence-electron chi connectivity index (χ3n) is 4.70. The first-order valence-electron chi connectivity index (χ1n) is 9.20. The van der Waals surface area contributed by atoms with Crippen LogP contribution in [-0.2, 0) is 4.74 Å². The summed E-state index contributed by atoms with van der Waals surface area (Å²) in [5.41, 5.74) is 1.31. The smallest absolute Gasteiger partial charge is 0.191 e. The van der Waals surface area contributed by atoms with Crippen molar-refractivity contribution in [1.29, 1.82) is 0 Å². The van der Waals surface area contributed by atoms with E-state index < -0.39 is 0 Å². The van der Waals surface area contributed by atoms with Gasteiger partial charge in [-0.1, -0.05) is 18.2 Å². The van der Waals surface area contributed by atoms with E-state index in [9.17, 15) is 0 Å². The molecular formula is C19H30N4O. The van der Waals surface area contributed by atoms with Crippen LogP contribution in [0.2, 0.25) is 0 Å². The van der Waals surface area contributed by atoms with Gasteiger partial charge in [-0.3, -0.25) is 4.99 Å². The summed E-state index contributed by atoms with van der Waals surface area (Å²) in [7, 11) is 1.83. The maximum Gasteiger partial charge on any atom is 0.191 e. The molecule has 0 radical (unpaired) electrons. The van der Waals surface area contributed by atoms with Crippen LogP contribution in [0.1, 0.15) is 25.7 Å². The summed E-state index contributed by atoms with van der Waals surface area (Å²) < 4.78 is 5.66. The van der Waals surface area contributed by atoms with Gasteiger partial charge in [-0.25, -0.2) is 0 Å². The second-order valence-corrected chi connectivity index (χ2v) is 6.78. The van der Waals surface area contributed by atoms with E-state index >= 15 is 0 Å². The quantitative estimate of drug-likeness (QED) is 0.457. The molecule has 1 aliphatic heterocycles. The van der Waals surface area contributed by atoms with Gasteiger partial charge >= 0.3 is 0 Å². The molecule has 2 fully saturated rings. The second kappa shape index (κ2) is 8.92. The van der Waals surface area contributed by atoms with E-state index in [0.29, 0.717) is 6.04 Å². The third kappa shape index (κ3) is 5.41. The zero-order valence-corrected chi connectivity index (χ0v) is 14.7. The van der Waals surface area contributed by atoms with Crippen LogP contribution in [0.4, 0.5) is 5.69 Å². The summed E-state index contributed by atoms with van der Waals surface area (Å²) in [6, 6.07) is 11.1. The van der Waals surface area contributed by atoms with Crippen LogP contribution >= 0.6 is 0 Å². The average molecular weight is 330 g/mol. The van der Waals surface area contributed by atoms with E-state index in [2.05, 4.69) is 50.9 Å². The van der Waals surface area contributed by atoms with E-state index in [0.717, 1.165) is 44.7 Å². The van der Waals surface area contributed by atoms with Crippen molar-refractivity contribution in [2.24, 2.45) is 10.9 Å². The van der Waals surface area contributed by atoms with Crippen LogP contribution in [0, 0.1) is 5.92 Å². The monoisotopic (exact) mass is 330 g/mol. The fourth-order valence-corrected chi connectivity index (χ4v) is 3.13. The van der Waals surface area contributed by atoms with Crippen molar-refractivity contribution >= 4 is 11.6 Å². The van der Waals surface area contributed by atoms with Crippen molar-refractivity contribution in [3.8, 4) is 0 Å². The molecule has 1 saturated heterocycles. The van der Waals surface area contributed by atoms with Crippen molar-refractivity contribution in [3.63, 3.8) is 0 Å². The topological polar surface area (TPSA) is 48.9 Å². The maximum atomic E-state index is 5.66. The molecule has 1 atom stereocenters. The highest BCUT2D eigenvalue weighted by atomic mass is 16.5. The lowest BCUT2D eigenvalue weighted by Crippen LogP contribution is -2.51.